The monoisotopic (exact) mass is 380 g/mol. The first-order chi connectivity index (χ1) is 11.0. The fourth-order valence-corrected chi connectivity index (χ4v) is 2.90. The lowest BCUT2D eigenvalue weighted by molar-refractivity contribution is -0.0503. The van der Waals surface area contributed by atoms with E-state index in [1.54, 1.807) is 18.2 Å². The lowest BCUT2D eigenvalue weighted by atomic mass is 10.1. The Bertz CT molecular complexity index is 861. The normalized spacial score (nSPS) is 11.4. The van der Waals surface area contributed by atoms with Gasteiger partial charge in [0.25, 0.3) is 0 Å². The molecular formula is C17H15BrF2N2O. The van der Waals surface area contributed by atoms with Gasteiger partial charge in [-0.1, -0.05) is 18.2 Å². The molecule has 0 fully saturated rings. The molecule has 3 rings (SSSR count). The highest BCUT2D eigenvalue weighted by molar-refractivity contribution is 9.10. The number of benzene rings is 1. The zero-order chi connectivity index (χ0) is 16.6. The number of hydrogen-bond donors (Lipinski definition) is 0. The molecule has 0 aliphatic rings. The summed E-state index contributed by atoms with van der Waals surface area (Å²) in [5, 5.41) is 0. The quantitative estimate of drug-likeness (QED) is 0.642. The van der Waals surface area contributed by atoms with Gasteiger partial charge in [-0.05, 0) is 47.5 Å². The molecular weight excluding hydrogens is 366 g/mol. The Hall–Kier alpha value is -1.95. The van der Waals surface area contributed by atoms with Crippen LogP contribution >= 0.6 is 15.9 Å². The van der Waals surface area contributed by atoms with Crippen molar-refractivity contribution in [3.63, 3.8) is 0 Å². The summed E-state index contributed by atoms with van der Waals surface area (Å²) < 4.78 is 32.7. The Morgan fingerprint density at radius 1 is 1.26 bits per heavy atom. The largest absolute Gasteiger partial charge is 0.435 e. The number of aromatic nitrogens is 2. The number of hydrogen-bond acceptors (Lipinski definition) is 2. The molecule has 0 spiro atoms. The molecule has 2 heterocycles. The second-order valence-electron chi connectivity index (χ2n) is 5.34. The topological polar surface area (TPSA) is 26.5 Å². The van der Waals surface area contributed by atoms with Crippen LogP contribution in [0.25, 0.3) is 5.65 Å². The van der Waals surface area contributed by atoms with Crippen molar-refractivity contribution in [3.05, 3.63) is 63.5 Å². The van der Waals surface area contributed by atoms with E-state index in [0.29, 0.717) is 12.0 Å². The van der Waals surface area contributed by atoms with E-state index in [-0.39, 0.29) is 5.75 Å². The Morgan fingerprint density at radius 2 is 2.00 bits per heavy atom. The van der Waals surface area contributed by atoms with E-state index in [9.17, 15) is 8.78 Å². The van der Waals surface area contributed by atoms with Gasteiger partial charge in [-0.25, -0.2) is 4.98 Å². The summed E-state index contributed by atoms with van der Waals surface area (Å²) in [5.41, 5.74) is 4.45. The first-order valence-corrected chi connectivity index (χ1v) is 7.91. The summed E-state index contributed by atoms with van der Waals surface area (Å²) in [4.78, 5) is 4.55. The second-order valence-corrected chi connectivity index (χ2v) is 6.19. The van der Waals surface area contributed by atoms with Gasteiger partial charge in [0.2, 0.25) is 0 Å². The van der Waals surface area contributed by atoms with Crippen LogP contribution in [0.5, 0.6) is 5.75 Å². The van der Waals surface area contributed by atoms with Crippen LogP contribution < -0.4 is 4.74 Å². The number of halogens is 3. The Morgan fingerprint density at radius 3 is 2.74 bits per heavy atom. The van der Waals surface area contributed by atoms with Crippen LogP contribution in [0.1, 0.15) is 22.5 Å². The minimum Gasteiger partial charge on any atom is -0.435 e. The number of fused-ring (bicyclic) bond motifs is 1. The average Bonchev–Trinajstić information content (AvgIpc) is 2.77. The molecule has 2 aromatic heterocycles. The molecule has 0 amide bonds. The molecule has 0 saturated heterocycles. The van der Waals surface area contributed by atoms with Gasteiger partial charge in [0.1, 0.15) is 11.4 Å². The standard InChI is InChI=1S/C17H15BrF2N2O/c1-10-7-16-21-11(2)14(22(16)9-13(10)18)8-12-5-3-4-6-15(12)23-17(19)20/h3-7,9,17H,8H2,1-2H3. The summed E-state index contributed by atoms with van der Waals surface area (Å²) in [6.07, 6.45) is 2.42. The van der Waals surface area contributed by atoms with Gasteiger partial charge in [0.05, 0.1) is 5.69 Å². The van der Waals surface area contributed by atoms with Crippen molar-refractivity contribution < 1.29 is 13.5 Å². The Labute approximate surface area is 141 Å². The van der Waals surface area contributed by atoms with Gasteiger partial charge in [-0.3, -0.25) is 0 Å². The maximum absolute atomic E-state index is 12.6. The number of alkyl halides is 2. The molecule has 0 unspecified atom stereocenters. The molecule has 0 radical (unpaired) electrons. The first kappa shape index (κ1) is 15.9. The van der Waals surface area contributed by atoms with E-state index in [1.165, 1.54) is 0 Å². The molecule has 3 aromatic rings. The third kappa shape index (κ3) is 3.22. The van der Waals surface area contributed by atoms with Crippen molar-refractivity contribution in [2.75, 3.05) is 0 Å². The van der Waals surface area contributed by atoms with E-state index >= 15 is 0 Å². The molecule has 0 bridgehead atoms. The van der Waals surface area contributed by atoms with Gasteiger partial charge < -0.3 is 9.14 Å². The molecule has 3 nitrogen and oxygen atoms in total. The molecule has 0 aliphatic carbocycles. The lowest BCUT2D eigenvalue weighted by Gasteiger charge is -2.11. The van der Waals surface area contributed by atoms with Crippen LogP contribution in [0.15, 0.2) is 41.0 Å². The molecule has 0 aliphatic heterocycles. The van der Waals surface area contributed by atoms with Crippen molar-refractivity contribution >= 4 is 21.6 Å². The van der Waals surface area contributed by atoms with E-state index in [0.717, 1.165) is 27.1 Å². The van der Waals surface area contributed by atoms with E-state index in [2.05, 4.69) is 25.7 Å². The highest BCUT2D eigenvalue weighted by Crippen LogP contribution is 2.26. The summed E-state index contributed by atoms with van der Waals surface area (Å²) in [6, 6.07) is 8.83. The minimum atomic E-state index is -2.84. The zero-order valence-corrected chi connectivity index (χ0v) is 14.3. The smallest absolute Gasteiger partial charge is 0.387 e. The van der Waals surface area contributed by atoms with Crippen molar-refractivity contribution in [2.24, 2.45) is 0 Å². The van der Waals surface area contributed by atoms with Crippen molar-refractivity contribution in [2.45, 2.75) is 26.9 Å². The maximum atomic E-state index is 12.6. The minimum absolute atomic E-state index is 0.197. The van der Waals surface area contributed by atoms with Crippen LogP contribution in [-0.4, -0.2) is 16.0 Å². The van der Waals surface area contributed by atoms with Crippen LogP contribution in [0.3, 0.4) is 0 Å². The first-order valence-electron chi connectivity index (χ1n) is 7.12. The van der Waals surface area contributed by atoms with Gasteiger partial charge >= 0.3 is 6.61 Å². The Kier molecular flexibility index (Phi) is 4.35. The summed E-state index contributed by atoms with van der Waals surface area (Å²) in [5.74, 6) is 0.197. The highest BCUT2D eigenvalue weighted by atomic mass is 79.9. The summed E-state index contributed by atoms with van der Waals surface area (Å²) in [7, 11) is 0. The van der Waals surface area contributed by atoms with Crippen molar-refractivity contribution in [1.29, 1.82) is 0 Å². The summed E-state index contributed by atoms with van der Waals surface area (Å²) in [6.45, 7) is 1.08. The molecule has 6 heteroatoms. The second kappa shape index (κ2) is 6.28. The number of rotatable bonds is 4. The third-order valence-electron chi connectivity index (χ3n) is 3.75. The molecule has 1 aromatic carbocycles. The SMILES string of the molecule is Cc1cc2nc(C)c(Cc3ccccc3OC(F)F)n2cc1Br. The fourth-order valence-electron chi connectivity index (χ4n) is 2.58. The van der Waals surface area contributed by atoms with Gasteiger partial charge in [-0.15, -0.1) is 0 Å². The van der Waals surface area contributed by atoms with Gasteiger partial charge in [0.15, 0.2) is 0 Å². The number of imidazole rings is 1. The van der Waals surface area contributed by atoms with E-state index < -0.39 is 6.61 Å². The number of aryl methyl sites for hydroxylation is 2. The van der Waals surface area contributed by atoms with Crippen LogP contribution in [0.2, 0.25) is 0 Å². The lowest BCUT2D eigenvalue weighted by Crippen LogP contribution is -2.05. The summed E-state index contributed by atoms with van der Waals surface area (Å²) >= 11 is 3.52. The molecule has 120 valence electrons. The fraction of sp³-hybridized carbons (Fsp3) is 0.235. The van der Waals surface area contributed by atoms with E-state index in [4.69, 9.17) is 0 Å². The number of nitrogens with zero attached hydrogens (tertiary/aromatic N) is 2. The molecule has 0 N–H and O–H groups in total. The molecule has 0 saturated carbocycles. The number of pyridine rings is 1. The van der Waals surface area contributed by atoms with Crippen molar-refractivity contribution in [1.82, 2.24) is 9.38 Å². The van der Waals surface area contributed by atoms with Crippen LogP contribution in [0, 0.1) is 13.8 Å². The van der Waals surface area contributed by atoms with Crippen molar-refractivity contribution in [3.8, 4) is 5.75 Å². The van der Waals surface area contributed by atoms with E-state index in [1.807, 2.05) is 36.6 Å². The average molecular weight is 381 g/mol. The van der Waals surface area contributed by atoms with Gasteiger partial charge in [0, 0.05) is 28.3 Å². The predicted octanol–water partition coefficient (Wildman–Crippen LogP) is 4.91. The zero-order valence-electron chi connectivity index (χ0n) is 12.7. The maximum Gasteiger partial charge on any atom is 0.387 e. The van der Waals surface area contributed by atoms with Gasteiger partial charge in [-0.2, -0.15) is 8.78 Å². The van der Waals surface area contributed by atoms with Crippen LogP contribution in [0.4, 0.5) is 8.78 Å². The number of para-hydroxylation sites is 1. The van der Waals surface area contributed by atoms with Crippen LogP contribution in [-0.2, 0) is 6.42 Å². The highest BCUT2D eigenvalue weighted by Gasteiger charge is 2.15. The third-order valence-corrected chi connectivity index (χ3v) is 4.58. The predicted molar refractivity (Wildman–Crippen MR) is 88.2 cm³/mol. The number of ether oxygens (including phenoxy) is 1. The molecule has 0 atom stereocenters. The molecule has 23 heavy (non-hydrogen) atoms. The Balaban J connectivity index is 2.05.